The van der Waals surface area contributed by atoms with Gasteiger partial charge in [-0.15, -0.1) is 0 Å². The van der Waals surface area contributed by atoms with Crippen molar-refractivity contribution in [2.24, 2.45) is 11.3 Å². The van der Waals surface area contributed by atoms with Gasteiger partial charge in [0.2, 0.25) is 5.91 Å². The minimum absolute atomic E-state index is 0.0265. The van der Waals surface area contributed by atoms with E-state index in [4.69, 9.17) is 9.47 Å². The quantitative estimate of drug-likeness (QED) is 0.637. The molecule has 1 aromatic rings. The molecule has 3 aliphatic heterocycles. The topological polar surface area (TPSA) is 66.9 Å². The predicted octanol–water partition coefficient (Wildman–Crippen LogP) is 3.62. The number of nitrogens with one attached hydrogen (secondary N) is 1. The van der Waals surface area contributed by atoms with Crippen molar-refractivity contribution in [2.75, 3.05) is 38.3 Å². The van der Waals surface area contributed by atoms with Crippen molar-refractivity contribution in [1.29, 1.82) is 0 Å². The van der Waals surface area contributed by atoms with E-state index in [-0.39, 0.29) is 29.6 Å². The summed E-state index contributed by atoms with van der Waals surface area (Å²) in [5, 5.41) is 3.83. The monoisotopic (exact) mass is 522 g/mol. The molecule has 204 valence electrons. The van der Waals surface area contributed by atoms with Gasteiger partial charge in [0.05, 0.1) is 23.7 Å². The summed E-state index contributed by atoms with van der Waals surface area (Å²) in [6, 6.07) is 2.74. The highest BCUT2D eigenvalue weighted by Gasteiger charge is 2.59. The molecule has 10 heteroatoms. The van der Waals surface area contributed by atoms with Gasteiger partial charge in [0.1, 0.15) is 5.82 Å². The predicted molar refractivity (Wildman–Crippen MR) is 131 cm³/mol. The summed E-state index contributed by atoms with van der Waals surface area (Å²) in [4.78, 5) is 22.6. The molecule has 0 spiro atoms. The number of carbonyl (C=O) groups is 1. The van der Waals surface area contributed by atoms with Crippen LogP contribution in [0, 0.1) is 11.3 Å². The van der Waals surface area contributed by atoms with Crippen LogP contribution in [0.1, 0.15) is 56.9 Å². The highest BCUT2D eigenvalue weighted by atomic mass is 19.4. The maximum Gasteiger partial charge on any atom is 0.416 e. The van der Waals surface area contributed by atoms with Crippen LogP contribution >= 0.6 is 0 Å². The lowest BCUT2D eigenvalue weighted by molar-refractivity contribution is -0.147. The Morgan fingerprint density at radius 3 is 2.73 bits per heavy atom. The van der Waals surface area contributed by atoms with Gasteiger partial charge in [-0.25, -0.2) is 4.98 Å². The van der Waals surface area contributed by atoms with E-state index in [0.29, 0.717) is 43.4 Å². The standard InChI is InChI=1S/C27H37F3N4O3/c1-36-23-16-37-10-7-22(23)32-19-11-17-3-2-8-26(17,13-19)25(35)34-20-4-5-21(34)15-33(14-20)24-12-18(6-9-31-24)27(28,29)30/h6,9,12,17,19-23,32H,2-5,7-8,10-11,13-16H2,1H3/t17-,19-,20-,21+,22-,23-,26-/m1/s1. The van der Waals surface area contributed by atoms with E-state index in [1.807, 2.05) is 4.90 Å². The molecule has 3 saturated heterocycles. The van der Waals surface area contributed by atoms with Crippen LogP contribution in [0.2, 0.25) is 0 Å². The van der Waals surface area contributed by atoms with Crippen LogP contribution in [0.15, 0.2) is 18.3 Å². The molecule has 7 atom stereocenters. The minimum Gasteiger partial charge on any atom is -0.379 e. The van der Waals surface area contributed by atoms with Gasteiger partial charge >= 0.3 is 6.18 Å². The number of amides is 1. The van der Waals surface area contributed by atoms with E-state index in [1.54, 1.807) is 7.11 Å². The van der Waals surface area contributed by atoms with Gasteiger partial charge in [-0.2, -0.15) is 13.2 Å². The van der Waals surface area contributed by atoms with Crippen molar-refractivity contribution in [2.45, 2.75) is 87.8 Å². The van der Waals surface area contributed by atoms with Crippen molar-refractivity contribution in [3.05, 3.63) is 23.9 Å². The number of hydrogen-bond acceptors (Lipinski definition) is 6. The number of carbonyl (C=O) groups excluding carboxylic acids is 1. The summed E-state index contributed by atoms with van der Waals surface area (Å²) in [5.74, 6) is 1.03. The number of piperazine rings is 1. The number of aromatic nitrogens is 1. The highest BCUT2D eigenvalue weighted by Crippen LogP contribution is 2.56. The molecular weight excluding hydrogens is 485 g/mol. The van der Waals surface area contributed by atoms with Crippen molar-refractivity contribution in [3.63, 3.8) is 0 Å². The third-order valence-corrected chi connectivity index (χ3v) is 9.73. The van der Waals surface area contributed by atoms with E-state index < -0.39 is 11.7 Å². The number of fused-ring (bicyclic) bond motifs is 3. The van der Waals surface area contributed by atoms with E-state index in [1.165, 1.54) is 6.20 Å². The van der Waals surface area contributed by atoms with Crippen LogP contribution in [-0.4, -0.2) is 79.5 Å². The SMILES string of the molecule is CO[C@@H]1COCC[C@H]1N[C@@H]1C[C@H]2CCC[C@@]2(C(=O)N2[C@@H]3CC[C@H]2CN(c2cc(C(F)(F)F)ccn2)C3)C1. The van der Waals surface area contributed by atoms with E-state index in [2.05, 4.69) is 15.2 Å². The molecule has 0 radical (unpaired) electrons. The first-order valence-electron chi connectivity index (χ1n) is 13.8. The Morgan fingerprint density at radius 2 is 2.00 bits per heavy atom. The first-order chi connectivity index (χ1) is 17.8. The minimum atomic E-state index is -4.40. The Hall–Kier alpha value is -1.91. The lowest BCUT2D eigenvalue weighted by Gasteiger charge is -2.45. The Balaban J connectivity index is 1.16. The molecule has 0 unspecified atom stereocenters. The normalized spacial score (nSPS) is 37.7. The van der Waals surface area contributed by atoms with Crippen molar-refractivity contribution in [3.8, 4) is 0 Å². The molecule has 6 rings (SSSR count). The summed E-state index contributed by atoms with van der Waals surface area (Å²) in [7, 11) is 1.73. The third-order valence-electron chi connectivity index (χ3n) is 9.73. The van der Waals surface area contributed by atoms with E-state index >= 15 is 0 Å². The van der Waals surface area contributed by atoms with Gasteiger partial charge in [0, 0.05) is 57.2 Å². The molecule has 2 aliphatic carbocycles. The number of methoxy groups -OCH3 is 1. The summed E-state index contributed by atoms with van der Waals surface area (Å²) >= 11 is 0. The average molecular weight is 523 g/mol. The van der Waals surface area contributed by atoms with Crippen LogP contribution in [-0.2, 0) is 20.4 Å². The Labute approximate surface area is 216 Å². The molecule has 5 aliphatic rings. The van der Waals surface area contributed by atoms with Crippen LogP contribution in [0.5, 0.6) is 0 Å². The van der Waals surface area contributed by atoms with Gasteiger partial charge < -0.3 is 24.6 Å². The van der Waals surface area contributed by atoms with E-state index in [9.17, 15) is 18.0 Å². The molecule has 1 N–H and O–H groups in total. The number of ether oxygens (including phenoxy) is 2. The summed E-state index contributed by atoms with van der Waals surface area (Å²) in [6.45, 7) is 2.40. The Kier molecular flexibility index (Phi) is 6.64. The first-order valence-corrected chi connectivity index (χ1v) is 13.8. The summed E-state index contributed by atoms with van der Waals surface area (Å²) in [5.41, 5.74) is -0.996. The zero-order valence-corrected chi connectivity index (χ0v) is 21.4. The second-order valence-corrected chi connectivity index (χ2v) is 11.7. The molecule has 2 bridgehead atoms. The maximum absolute atomic E-state index is 14.3. The van der Waals surface area contributed by atoms with Crippen molar-refractivity contribution in [1.82, 2.24) is 15.2 Å². The van der Waals surface area contributed by atoms with Crippen molar-refractivity contribution < 1.29 is 27.4 Å². The third kappa shape index (κ3) is 4.52. The van der Waals surface area contributed by atoms with E-state index in [0.717, 1.165) is 70.1 Å². The molecule has 0 aromatic carbocycles. The van der Waals surface area contributed by atoms with Gasteiger partial charge in [-0.3, -0.25) is 4.79 Å². The van der Waals surface area contributed by atoms with Crippen LogP contribution < -0.4 is 10.2 Å². The molecule has 7 nitrogen and oxygen atoms in total. The van der Waals surface area contributed by atoms with Crippen LogP contribution in [0.3, 0.4) is 0 Å². The largest absolute Gasteiger partial charge is 0.416 e. The number of alkyl halides is 3. The molecule has 1 amide bonds. The summed E-state index contributed by atoms with van der Waals surface area (Å²) in [6.07, 6.45) is 4.57. The van der Waals surface area contributed by atoms with Gasteiger partial charge in [-0.05, 0) is 63.0 Å². The fourth-order valence-corrected chi connectivity index (χ4v) is 8.00. The average Bonchev–Trinajstić information content (AvgIpc) is 3.52. The second-order valence-electron chi connectivity index (χ2n) is 11.7. The molecule has 1 aromatic heterocycles. The lowest BCUT2D eigenvalue weighted by atomic mass is 9.78. The number of rotatable bonds is 5. The van der Waals surface area contributed by atoms with Gasteiger partial charge in [0.25, 0.3) is 0 Å². The number of halogens is 3. The molecular formula is C27H37F3N4O3. The number of nitrogens with zero attached hydrogens (tertiary/aromatic N) is 3. The van der Waals surface area contributed by atoms with Crippen LogP contribution in [0.25, 0.3) is 0 Å². The second kappa shape index (κ2) is 9.68. The molecule has 2 saturated carbocycles. The highest BCUT2D eigenvalue weighted by molar-refractivity contribution is 5.85. The zero-order chi connectivity index (χ0) is 25.8. The van der Waals surface area contributed by atoms with Crippen LogP contribution in [0.4, 0.5) is 19.0 Å². The zero-order valence-electron chi connectivity index (χ0n) is 21.4. The fraction of sp³-hybridized carbons (Fsp3) is 0.778. The number of pyridine rings is 1. The lowest BCUT2D eigenvalue weighted by Crippen LogP contribution is -2.59. The molecule has 4 heterocycles. The van der Waals surface area contributed by atoms with Gasteiger partial charge in [-0.1, -0.05) is 6.42 Å². The molecule has 37 heavy (non-hydrogen) atoms. The first kappa shape index (κ1) is 25.4. The fourth-order valence-electron chi connectivity index (χ4n) is 8.00. The van der Waals surface area contributed by atoms with Crippen molar-refractivity contribution >= 4 is 11.7 Å². The Morgan fingerprint density at radius 1 is 1.22 bits per heavy atom. The maximum atomic E-state index is 14.3. The Bertz CT molecular complexity index is 995. The van der Waals surface area contributed by atoms with Gasteiger partial charge in [0.15, 0.2) is 0 Å². The molecule has 5 fully saturated rings. The number of anilines is 1. The smallest absolute Gasteiger partial charge is 0.379 e. The summed E-state index contributed by atoms with van der Waals surface area (Å²) < 4.78 is 51.0. The number of hydrogen-bond donors (Lipinski definition) is 1.